The maximum Gasteiger partial charge on any atom is -1.00 e. The summed E-state index contributed by atoms with van der Waals surface area (Å²) in [6.45, 7) is 9.98. The van der Waals surface area contributed by atoms with E-state index < -0.39 is 31.3 Å². The van der Waals surface area contributed by atoms with Crippen molar-refractivity contribution in [3.8, 4) is 22.3 Å². The van der Waals surface area contributed by atoms with Crippen molar-refractivity contribution in [2.45, 2.75) is 72.7 Å². The van der Waals surface area contributed by atoms with Crippen LogP contribution in [0.3, 0.4) is 0 Å². The fraction of sp³-hybridized carbons (Fsp3) is 0.300. The standard InChI is InChI=1S/C40H42Si.2ClH.Zr/c1-5-7-25-41(26-8-6-2,39-29(3)27-33-21-15-23-35(37(33)39)31-17-11-9-12-18-31)40-30(4)28-34-22-16-24-36(38(34)40)32-19-13-10-14-20-32;;;/h9-24,27-28H,5-8,25-26H2,1-4H3;2*1H;/q;;;+2/p-2. The van der Waals surface area contributed by atoms with E-state index in [9.17, 15) is 0 Å². The molecule has 0 nitrogen and oxygen atoms in total. The molecule has 0 saturated carbocycles. The third-order valence-corrected chi connectivity index (χ3v) is 21.3. The van der Waals surface area contributed by atoms with Crippen LogP contribution in [0.2, 0.25) is 12.1 Å². The van der Waals surface area contributed by atoms with Gasteiger partial charge in [-0.25, -0.2) is 0 Å². The normalized spacial score (nSPS) is 18.6. The Kier molecular flexibility index (Phi) is 10.5. The Hall–Kier alpha value is -1.96. The van der Waals surface area contributed by atoms with Gasteiger partial charge >= 0.3 is 267 Å². The smallest absolute Gasteiger partial charge is 1.00 e. The van der Waals surface area contributed by atoms with Crippen LogP contribution in [0.15, 0.2) is 108 Å². The first-order chi connectivity index (χ1) is 20.6. The van der Waals surface area contributed by atoms with Gasteiger partial charge in [0.05, 0.1) is 0 Å². The summed E-state index contributed by atoms with van der Waals surface area (Å²) in [4.78, 5) is 0. The Labute approximate surface area is 289 Å². The van der Waals surface area contributed by atoms with Gasteiger partial charge in [0, 0.05) is 0 Å². The van der Waals surface area contributed by atoms with Crippen molar-refractivity contribution >= 4 is 18.5 Å². The minimum atomic E-state index is -2.15. The largest absolute Gasteiger partial charge is 1.00 e. The molecule has 44 heavy (non-hydrogen) atoms. The summed E-state index contributed by atoms with van der Waals surface area (Å²) in [5, 5.41) is 3.71. The van der Waals surface area contributed by atoms with Crippen molar-refractivity contribution < 1.29 is 48.0 Å². The van der Waals surface area contributed by atoms with Crippen LogP contribution < -0.4 is 24.8 Å². The van der Waals surface area contributed by atoms with Crippen LogP contribution in [0.25, 0.3) is 32.6 Å². The number of benzene rings is 4. The fourth-order valence-electron chi connectivity index (χ4n) is 8.58. The van der Waals surface area contributed by atoms with Gasteiger partial charge < -0.3 is 24.8 Å². The first kappa shape index (κ1) is 33.4. The molecule has 7 rings (SSSR count). The Balaban J connectivity index is 0.00000192. The van der Waals surface area contributed by atoms with Crippen LogP contribution in [0.1, 0.15) is 82.9 Å². The van der Waals surface area contributed by atoms with Crippen molar-refractivity contribution in [3.63, 3.8) is 0 Å². The van der Waals surface area contributed by atoms with E-state index in [4.69, 9.17) is 0 Å². The second-order valence-corrected chi connectivity index (χ2v) is 20.5. The van der Waals surface area contributed by atoms with Crippen LogP contribution in [0.4, 0.5) is 0 Å². The fourth-order valence-corrected chi connectivity index (χ4v) is 20.8. The molecule has 0 amide bonds. The number of fused-ring (bicyclic) bond motifs is 8. The van der Waals surface area contributed by atoms with Crippen LogP contribution in [-0.4, -0.2) is 8.07 Å². The molecular formula is C40H42Cl2SiZr. The zero-order valence-corrected chi connectivity index (χ0v) is 31.4. The molecule has 2 atom stereocenters. The molecule has 4 aromatic rings. The van der Waals surface area contributed by atoms with Gasteiger partial charge in [0.2, 0.25) is 0 Å². The van der Waals surface area contributed by atoms with Gasteiger partial charge in [-0.2, -0.15) is 0 Å². The second kappa shape index (κ2) is 13.8. The van der Waals surface area contributed by atoms with Gasteiger partial charge in [-0.15, -0.1) is 0 Å². The molecule has 4 aromatic carbocycles. The Morgan fingerprint density at radius 1 is 0.545 bits per heavy atom. The number of hydrogen-bond acceptors (Lipinski definition) is 0. The molecule has 2 unspecified atom stereocenters. The molecule has 0 radical (unpaired) electrons. The van der Waals surface area contributed by atoms with Crippen molar-refractivity contribution in [2.24, 2.45) is 0 Å². The Morgan fingerprint density at radius 3 is 1.34 bits per heavy atom. The summed E-state index contributed by atoms with van der Waals surface area (Å²) < 4.78 is 1.34. The predicted molar refractivity (Wildman–Crippen MR) is 180 cm³/mol. The Bertz CT molecular complexity index is 1580. The van der Waals surface area contributed by atoms with Crippen LogP contribution in [0, 0.1) is 0 Å². The maximum absolute atomic E-state index is 2.58. The number of hydrogen-bond donors (Lipinski definition) is 0. The summed E-state index contributed by atoms with van der Waals surface area (Å²) in [5.74, 6) is 0. The van der Waals surface area contributed by atoms with Gasteiger partial charge in [-0.3, -0.25) is 0 Å². The number of unbranched alkanes of at least 4 members (excludes halogenated alkanes) is 2. The molecule has 4 heteroatoms. The van der Waals surface area contributed by atoms with Crippen LogP contribution >= 0.6 is 0 Å². The quantitative estimate of drug-likeness (QED) is 0.209. The minimum Gasteiger partial charge on any atom is -1.00 e. The van der Waals surface area contributed by atoms with Gasteiger partial charge in [-0.05, 0) is 0 Å². The van der Waals surface area contributed by atoms with E-state index in [0.29, 0.717) is 7.25 Å². The molecule has 4 bridgehead atoms. The first-order valence-electron chi connectivity index (χ1n) is 16.2. The number of halogens is 2. The van der Waals surface area contributed by atoms with E-state index >= 15 is 0 Å². The minimum absolute atomic E-state index is 0. The van der Waals surface area contributed by atoms with Crippen LogP contribution in [0.5, 0.6) is 0 Å². The monoisotopic (exact) mass is 710 g/mol. The van der Waals surface area contributed by atoms with Crippen molar-refractivity contribution in [2.75, 3.05) is 0 Å². The zero-order valence-electron chi connectivity index (χ0n) is 26.4. The van der Waals surface area contributed by atoms with Crippen molar-refractivity contribution in [3.05, 3.63) is 130 Å². The SMILES string of the molecule is CCCC[Si]1(CCCC)C2=C(C)[CH]([Zr+2][CH]3C(C)=C1c1c(-c4ccccc4)cccc13)c1cccc(-c3ccccc3)c12.[Cl-].[Cl-]. The van der Waals surface area contributed by atoms with Crippen molar-refractivity contribution in [1.29, 1.82) is 0 Å². The second-order valence-electron chi connectivity index (χ2n) is 12.7. The van der Waals surface area contributed by atoms with Crippen molar-refractivity contribution in [1.82, 2.24) is 0 Å². The molecule has 0 aromatic heterocycles. The van der Waals surface area contributed by atoms with E-state index in [0.717, 1.165) is 0 Å². The van der Waals surface area contributed by atoms with Gasteiger partial charge in [-0.1, -0.05) is 0 Å². The van der Waals surface area contributed by atoms with E-state index in [-0.39, 0.29) is 24.8 Å². The van der Waals surface area contributed by atoms with Gasteiger partial charge in [0.15, 0.2) is 0 Å². The molecular weight excluding hydrogens is 671 g/mol. The summed E-state index contributed by atoms with van der Waals surface area (Å²) in [6, 6.07) is 40.0. The maximum atomic E-state index is 2.58. The summed E-state index contributed by atoms with van der Waals surface area (Å²) >= 11 is -0.904. The van der Waals surface area contributed by atoms with E-state index in [1.54, 1.807) is 33.4 Å². The predicted octanol–water partition coefficient (Wildman–Crippen LogP) is 5.61. The Morgan fingerprint density at radius 2 is 0.955 bits per heavy atom. The third kappa shape index (κ3) is 5.23. The first-order valence-corrected chi connectivity index (χ1v) is 21.4. The molecule has 1 aliphatic heterocycles. The number of allylic oxidation sites excluding steroid dienone is 2. The summed E-state index contributed by atoms with van der Waals surface area (Å²) in [7, 11) is -2.15. The molecule has 1 heterocycles. The molecule has 2 aliphatic carbocycles. The number of rotatable bonds is 8. The molecule has 0 spiro atoms. The topological polar surface area (TPSA) is 0 Å². The zero-order chi connectivity index (χ0) is 28.8. The van der Waals surface area contributed by atoms with Gasteiger partial charge in [0.25, 0.3) is 0 Å². The average Bonchev–Trinajstić information content (AvgIpc) is 3.51. The van der Waals surface area contributed by atoms with Crippen LogP contribution in [-0.2, 0) is 23.2 Å². The third-order valence-electron chi connectivity index (χ3n) is 10.3. The van der Waals surface area contributed by atoms with Gasteiger partial charge in [0.1, 0.15) is 0 Å². The summed E-state index contributed by atoms with van der Waals surface area (Å²) in [5.41, 5.74) is 16.0. The van der Waals surface area contributed by atoms with E-state index in [1.807, 2.05) is 10.4 Å². The molecule has 224 valence electrons. The molecule has 0 saturated heterocycles. The average molecular weight is 713 g/mol. The van der Waals surface area contributed by atoms with E-state index in [2.05, 4.69) is 125 Å². The molecule has 3 aliphatic rings. The van der Waals surface area contributed by atoms with E-state index in [1.165, 1.54) is 60.0 Å². The molecule has 0 N–H and O–H groups in total. The summed E-state index contributed by atoms with van der Waals surface area (Å²) in [6.07, 6.45) is 5.18. The molecule has 0 fully saturated rings.